The lowest BCUT2D eigenvalue weighted by Gasteiger charge is -2.12. The molecule has 106 valence electrons. The Kier molecular flexibility index (Phi) is 6.52. The molecule has 0 atom stereocenters. The molecule has 1 saturated carbocycles. The minimum atomic E-state index is 0.828. The summed E-state index contributed by atoms with van der Waals surface area (Å²) < 4.78 is 13.4. The van der Waals surface area contributed by atoms with Gasteiger partial charge in [0.05, 0.1) is 20.9 Å². The second-order valence-corrected chi connectivity index (χ2v) is 7.38. The first kappa shape index (κ1) is 15.7. The highest BCUT2D eigenvalue weighted by molar-refractivity contribution is 14.1. The Labute approximate surface area is 142 Å². The third-order valence-electron chi connectivity index (χ3n) is 3.70. The van der Waals surface area contributed by atoms with E-state index in [9.17, 15) is 0 Å². The number of ether oxygens (including phenoxy) is 2. The van der Waals surface area contributed by atoms with E-state index >= 15 is 0 Å². The minimum absolute atomic E-state index is 0.828. The quantitative estimate of drug-likeness (QED) is 0.404. The van der Waals surface area contributed by atoms with Crippen molar-refractivity contribution in [2.45, 2.75) is 38.5 Å². The largest absolute Gasteiger partial charge is 0.496 e. The van der Waals surface area contributed by atoms with Crippen LogP contribution in [-0.2, 0) is 0 Å². The van der Waals surface area contributed by atoms with Gasteiger partial charge in [-0.3, -0.25) is 0 Å². The van der Waals surface area contributed by atoms with Gasteiger partial charge in [-0.25, -0.2) is 0 Å². The van der Waals surface area contributed by atoms with E-state index in [1.807, 2.05) is 6.07 Å². The predicted octanol–water partition coefficient (Wildman–Crippen LogP) is 5.25. The van der Waals surface area contributed by atoms with Crippen LogP contribution in [0, 0.1) is 13.1 Å². The van der Waals surface area contributed by atoms with Crippen LogP contribution >= 0.6 is 45.2 Å². The van der Waals surface area contributed by atoms with Gasteiger partial charge in [0, 0.05) is 0 Å². The molecule has 1 aliphatic carbocycles. The second-order valence-electron chi connectivity index (χ2n) is 5.06. The first-order valence-electron chi connectivity index (χ1n) is 6.86. The SMILES string of the molecule is COc1cc(I)c(OCCCC2CCCC2)cc1I. The second kappa shape index (κ2) is 7.90. The fourth-order valence-corrected chi connectivity index (χ4v) is 3.88. The molecule has 0 aliphatic heterocycles. The van der Waals surface area contributed by atoms with E-state index < -0.39 is 0 Å². The first-order chi connectivity index (χ1) is 9.20. The summed E-state index contributed by atoms with van der Waals surface area (Å²) in [6.07, 6.45) is 8.21. The Balaban J connectivity index is 1.80. The Bertz CT molecular complexity index is 415. The van der Waals surface area contributed by atoms with Crippen molar-refractivity contribution in [3.63, 3.8) is 0 Å². The van der Waals surface area contributed by atoms with E-state index in [1.165, 1.54) is 38.5 Å². The van der Waals surface area contributed by atoms with Gasteiger partial charge >= 0.3 is 0 Å². The van der Waals surface area contributed by atoms with Crippen LogP contribution in [0.25, 0.3) is 0 Å². The number of rotatable bonds is 6. The molecule has 1 fully saturated rings. The molecule has 1 aromatic carbocycles. The highest BCUT2D eigenvalue weighted by Crippen LogP contribution is 2.32. The van der Waals surface area contributed by atoms with Gasteiger partial charge in [-0.15, -0.1) is 0 Å². The number of hydrogen-bond acceptors (Lipinski definition) is 2. The van der Waals surface area contributed by atoms with Crippen molar-refractivity contribution in [1.29, 1.82) is 0 Å². The molecule has 0 unspecified atom stereocenters. The lowest BCUT2D eigenvalue weighted by molar-refractivity contribution is 0.290. The third kappa shape index (κ3) is 4.65. The van der Waals surface area contributed by atoms with Gasteiger partial charge in [-0.2, -0.15) is 0 Å². The van der Waals surface area contributed by atoms with Crippen LogP contribution in [0.4, 0.5) is 0 Å². The molecule has 0 heterocycles. The molecule has 0 bridgehead atoms. The van der Waals surface area contributed by atoms with Crippen molar-refractivity contribution in [3.8, 4) is 11.5 Å². The van der Waals surface area contributed by atoms with E-state index in [1.54, 1.807) is 7.11 Å². The van der Waals surface area contributed by atoms with Crippen LogP contribution in [0.3, 0.4) is 0 Å². The summed E-state index contributed by atoms with van der Waals surface area (Å²) >= 11 is 4.59. The molecule has 0 saturated heterocycles. The van der Waals surface area contributed by atoms with Crippen LogP contribution in [0.5, 0.6) is 11.5 Å². The van der Waals surface area contributed by atoms with Crippen molar-refractivity contribution >= 4 is 45.2 Å². The summed E-state index contributed by atoms with van der Waals surface area (Å²) in [5.41, 5.74) is 0. The molecule has 19 heavy (non-hydrogen) atoms. The van der Waals surface area contributed by atoms with E-state index in [-0.39, 0.29) is 0 Å². The molecule has 0 spiro atoms. The van der Waals surface area contributed by atoms with Crippen molar-refractivity contribution in [2.24, 2.45) is 5.92 Å². The van der Waals surface area contributed by atoms with Crippen molar-refractivity contribution in [2.75, 3.05) is 13.7 Å². The molecular weight excluding hydrogens is 466 g/mol. The number of methoxy groups -OCH3 is 1. The van der Waals surface area contributed by atoms with E-state index in [0.717, 1.165) is 31.2 Å². The first-order valence-corrected chi connectivity index (χ1v) is 9.02. The fraction of sp³-hybridized carbons (Fsp3) is 0.600. The summed E-state index contributed by atoms with van der Waals surface area (Å²) in [4.78, 5) is 0. The molecule has 2 rings (SSSR count). The smallest absolute Gasteiger partial charge is 0.133 e. The summed E-state index contributed by atoms with van der Waals surface area (Å²) in [5.74, 6) is 2.86. The zero-order valence-corrected chi connectivity index (χ0v) is 15.6. The maximum atomic E-state index is 5.91. The van der Waals surface area contributed by atoms with Crippen LogP contribution in [-0.4, -0.2) is 13.7 Å². The Hall–Kier alpha value is 0.280. The van der Waals surface area contributed by atoms with Crippen LogP contribution < -0.4 is 9.47 Å². The van der Waals surface area contributed by atoms with Gasteiger partial charge in [0.25, 0.3) is 0 Å². The van der Waals surface area contributed by atoms with Crippen molar-refractivity contribution in [3.05, 3.63) is 19.3 Å². The number of hydrogen-bond donors (Lipinski definition) is 0. The zero-order valence-electron chi connectivity index (χ0n) is 11.3. The van der Waals surface area contributed by atoms with Crippen molar-refractivity contribution < 1.29 is 9.47 Å². The fourth-order valence-electron chi connectivity index (χ4n) is 2.63. The standard InChI is InChI=1S/C15H20I2O2/c1-18-14-9-13(17)15(10-12(14)16)19-8-4-7-11-5-2-3-6-11/h9-11H,2-8H2,1H3. The van der Waals surface area contributed by atoms with Gasteiger partial charge in [0.2, 0.25) is 0 Å². The molecule has 2 nitrogen and oxygen atoms in total. The van der Waals surface area contributed by atoms with Gasteiger partial charge in [-0.05, 0) is 76.1 Å². The molecule has 0 N–H and O–H groups in total. The predicted molar refractivity (Wildman–Crippen MR) is 95.1 cm³/mol. The highest BCUT2D eigenvalue weighted by atomic mass is 127. The normalized spacial score (nSPS) is 15.7. The maximum absolute atomic E-state index is 5.91. The highest BCUT2D eigenvalue weighted by Gasteiger charge is 2.14. The number of halogens is 2. The summed E-state index contributed by atoms with van der Waals surface area (Å²) in [6.45, 7) is 0.828. The van der Waals surface area contributed by atoms with Gasteiger partial charge < -0.3 is 9.47 Å². The topological polar surface area (TPSA) is 18.5 Å². The van der Waals surface area contributed by atoms with Gasteiger partial charge in [0.1, 0.15) is 11.5 Å². The van der Waals surface area contributed by atoms with Crippen LogP contribution in [0.2, 0.25) is 0 Å². The molecule has 4 heteroatoms. The lowest BCUT2D eigenvalue weighted by atomic mass is 10.0. The molecule has 0 aromatic heterocycles. The Morgan fingerprint density at radius 2 is 1.74 bits per heavy atom. The Morgan fingerprint density at radius 1 is 1.11 bits per heavy atom. The van der Waals surface area contributed by atoms with E-state index in [2.05, 4.69) is 51.2 Å². The summed E-state index contributed by atoms with van der Waals surface area (Å²) in [6, 6.07) is 4.10. The lowest BCUT2D eigenvalue weighted by Crippen LogP contribution is -2.03. The average molecular weight is 486 g/mol. The van der Waals surface area contributed by atoms with E-state index in [0.29, 0.717) is 0 Å². The molecule has 1 aliphatic rings. The number of benzene rings is 1. The maximum Gasteiger partial charge on any atom is 0.133 e. The summed E-state index contributed by atoms with van der Waals surface area (Å²) in [7, 11) is 1.70. The average Bonchev–Trinajstić information content (AvgIpc) is 2.91. The third-order valence-corrected chi connectivity index (χ3v) is 5.38. The van der Waals surface area contributed by atoms with Gasteiger partial charge in [0.15, 0.2) is 0 Å². The molecule has 0 radical (unpaired) electrons. The van der Waals surface area contributed by atoms with Crippen LogP contribution in [0.15, 0.2) is 12.1 Å². The summed E-state index contributed by atoms with van der Waals surface area (Å²) in [5, 5.41) is 0. The monoisotopic (exact) mass is 486 g/mol. The molecule has 1 aromatic rings. The van der Waals surface area contributed by atoms with Crippen molar-refractivity contribution in [1.82, 2.24) is 0 Å². The van der Waals surface area contributed by atoms with Gasteiger partial charge in [-0.1, -0.05) is 25.7 Å². The molecule has 0 amide bonds. The van der Waals surface area contributed by atoms with Crippen LogP contribution in [0.1, 0.15) is 38.5 Å². The minimum Gasteiger partial charge on any atom is -0.496 e. The molecular formula is C15H20I2O2. The Morgan fingerprint density at radius 3 is 2.42 bits per heavy atom. The zero-order chi connectivity index (χ0) is 13.7. The van der Waals surface area contributed by atoms with E-state index in [4.69, 9.17) is 9.47 Å².